The first-order chi connectivity index (χ1) is 9.61. The van der Waals surface area contributed by atoms with Gasteiger partial charge in [0.05, 0.1) is 0 Å². The van der Waals surface area contributed by atoms with Gasteiger partial charge in [-0.2, -0.15) is 0 Å². The highest BCUT2D eigenvalue weighted by Gasteiger charge is 2.40. The number of hydrogen-bond acceptors (Lipinski definition) is 1. The van der Waals surface area contributed by atoms with Gasteiger partial charge >= 0.3 is 0 Å². The molecule has 1 aliphatic rings. The molecule has 104 valence electrons. The minimum Gasteiger partial charge on any atom is -0.315 e. The molecule has 0 saturated carbocycles. The van der Waals surface area contributed by atoms with E-state index < -0.39 is 0 Å². The Morgan fingerprint density at radius 3 is 2.45 bits per heavy atom. The summed E-state index contributed by atoms with van der Waals surface area (Å²) < 4.78 is 2.20. The summed E-state index contributed by atoms with van der Waals surface area (Å²) in [5.41, 5.74) is 2.70. The van der Waals surface area contributed by atoms with Crippen molar-refractivity contribution in [2.24, 2.45) is 0 Å². The number of hydrogen-bond donors (Lipinski definition) is 1. The van der Waals surface area contributed by atoms with Crippen molar-refractivity contribution in [1.29, 1.82) is 0 Å². The van der Waals surface area contributed by atoms with E-state index in [4.69, 9.17) is 11.6 Å². The van der Waals surface area contributed by atoms with Crippen molar-refractivity contribution in [1.82, 2.24) is 5.32 Å². The van der Waals surface area contributed by atoms with E-state index in [0.29, 0.717) is 0 Å². The topological polar surface area (TPSA) is 12.0 Å². The standard InChI is InChI=1S/C16H14Br2ClN/c17-12-6-5-11(15(19)7-12)8-16(9-20-10-16)13-3-1-2-4-14(13)18/h1-7,20H,8-10H2. The van der Waals surface area contributed by atoms with Crippen LogP contribution in [-0.4, -0.2) is 13.1 Å². The van der Waals surface area contributed by atoms with E-state index in [0.717, 1.165) is 29.0 Å². The third-order valence-corrected chi connectivity index (χ3v) is 5.45. The highest BCUT2D eigenvalue weighted by molar-refractivity contribution is 9.10. The quantitative estimate of drug-likeness (QED) is 0.748. The fourth-order valence-corrected chi connectivity index (χ4v) is 4.20. The van der Waals surface area contributed by atoms with Gasteiger partial charge in [0, 0.05) is 32.5 Å². The van der Waals surface area contributed by atoms with Gasteiger partial charge in [0.15, 0.2) is 0 Å². The van der Waals surface area contributed by atoms with E-state index in [1.54, 1.807) is 0 Å². The van der Waals surface area contributed by atoms with E-state index in [1.807, 2.05) is 6.07 Å². The van der Waals surface area contributed by atoms with E-state index >= 15 is 0 Å². The fraction of sp³-hybridized carbons (Fsp3) is 0.250. The molecule has 0 bridgehead atoms. The summed E-state index contributed by atoms with van der Waals surface area (Å²) in [4.78, 5) is 0. The molecule has 1 saturated heterocycles. The third kappa shape index (κ3) is 2.69. The minimum atomic E-state index is 0.136. The van der Waals surface area contributed by atoms with Crippen LogP contribution in [0.15, 0.2) is 51.4 Å². The Bertz CT molecular complexity index is 638. The van der Waals surface area contributed by atoms with Crippen molar-refractivity contribution < 1.29 is 0 Å². The molecule has 0 spiro atoms. The third-order valence-electron chi connectivity index (χ3n) is 3.92. The van der Waals surface area contributed by atoms with Crippen molar-refractivity contribution in [3.05, 3.63) is 67.6 Å². The Labute approximate surface area is 141 Å². The molecule has 0 atom stereocenters. The molecule has 0 radical (unpaired) electrons. The van der Waals surface area contributed by atoms with Crippen LogP contribution in [0.1, 0.15) is 11.1 Å². The van der Waals surface area contributed by atoms with E-state index in [2.05, 4.69) is 73.6 Å². The van der Waals surface area contributed by atoms with Crippen LogP contribution < -0.4 is 5.32 Å². The summed E-state index contributed by atoms with van der Waals surface area (Å²) in [7, 11) is 0. The molecule has 0 aromatic heterocycles. The molecule has 2 aromatic carbocycles. The largest absolute Gasteiger partial charge is 0.315 e. The van der Waals surface area contributed by atoms with Gasteiger partial charge in [0.25, 0.3) is 0 Å². The van der Waals surface area contributed by atoms with E-state index in [-0.39, 0.29) is 5.41 Å². The zero-order valence-electron chi connectivity index (χ0n) is 10.8. The summed E-state index contributed by atoms with van der Waals surface area (Å²) >= 11 is 13.5. The average Bonchev–Trinajstić information content (AvgIpc) is 2.37. The molecule has 4 heteroatoms. The lowest BCUT2D eigenvalue weighted by Crippen LogP contribution is -2.58. The Hall–Kier alpha value is -0.350. The van der Waals surface area contributed by atoms with Crippen LogP contribution >= 0.6 is 43.5 Å². The zero-order chi connectivity index (χ0) is 14.2. The SMILES string of the molecule is Clc1cc(Br)ccc1CC1(c2ccccc2Br)CNC1. The number of rotatable bonds is 3. The average molecular weight is 416 g/mol. The lowest BCUT2D eigenvalue weighted by Gasteiger charge is -2.44. The maximum Gasteiger partial charge on any atom is 0.0449 e. The second-order valence-corrected chi connectivity index (χ2v) is 7.45. The Morgan fingerprint density at radius 2 is 1.85 bits per heavy atom. The summed E-state index contributed by atoms with van der Waals surface area (Å²) in [6.07, 6.45) is 0.953. The van der Waals surface area contributed by atoms with E-state index in [9.17, 15) is 0 Å². The van der Waals surface area contributed by atoms with Crippen molar-refractivity contribution in [2.75, 3.05) is 13.1 Å². The molecule has 0 aliphatic carbocycles. The maximum atomic E-state index is 6.38. The molecule has 3 rings (SSSR count). The molecule has 2 aromatic rings. The van der Waals surface area contributed by atoms with Crippen molar-refractivity contribution in [3.63, 3.8) is 0 Å². The second-order valence-electron chi connectivity index (χ2n) is 5.28. The predicted octanol–water partition coefficient (Wildman–Crippen LogP) is 4.95. The summed E-state index contributed by atoms with van der Waals surface area (Å²) in [6, 6.07) is 14.6. The van der Waals surface area contributed by atoms with Crippen molar-refractivity contribution in [2.45, 2.75) is 11.8 Å². The lowest BCUT2D eigenvalue weighted by molar-refractivity contribution is 0.273. The van der Waals surface area contributed by atoms with Gasteiger partial charge in [-0.25, -0.2) is 0 Å². The van der Waals surface area contributed by atoms with Crippen molar-refractivity contribution >= 4 is 43.5 Å². The molecular formula is C16H14Br2ClN. The van der Waals surface area contributed by atoms with Gasteiger partial charge < -0.3 is 5.32 Å². The zero-order valence-corrected chi connectivity index (χ0v) is 14.7. The van der Waals surface area contributed by atoms with Crippen LogP contribution in [0.5, 0.6) is 0 Å². The molecule has 1 N–H and O–H groups in total. The van der Waals surface area contributed by atoms with Gasteiger partial charge in [-0.3, -0.25) is 0 Å². The lowest BCUT2D eigenvalue weighted by atomic mass is 9.71. The molecule has 1 aliphatic heterocycles. The summed E-state index contributed by atoms with van der Waals surface area (Å²) in [6.45, 7) is 1.98. The summed E-state index contributed by atoms with van der Waals surface area (Å²) in [5.74, 6) is 0. The van der Waals surface area contributed by atoms with Crippen LogP contribution in [0.4, 0.5) is 0 Å². The van der Waals surface area contributed by atoms with E-state index in [1.165, 1.54) is 15.6 Å². The monoisotopic (exact) mass is 413 g/mol. The van der Waals surface area contributed by atoms with Crippen LogP contribution in [0, 0.1) is 0 Å². The minimum absolute atomic E-state index is 0.136. The highest BCUT2D eigenvalue weighted by Crippen LogP contribution is 2.38. The van der Waals surface area contributed by atoms with Gasteiger partial charge in [-0.05, 0) is 35.7 Å². The van der Waals surface area contributed by atoms with Crippen LogP contribution in [0.25, 0.3) is 0 Å². The second kappa shape index (κ2) is 5.80. The molecule has 1 nitrogen and oxygen atoms in total. The smallest absolute Gasteiger partial charge is 0.0449 e. The van der Waals surface area contributed by atoms with Crippen LogP contribution in [-0.2, 0) is 11.8 Å². The fourth-order valence-electron chi connectivity index (χ4n) is 2.76. The van der Waals surface area contributed by atoms with Crippen molar-refractivity contribution in [3.8, 4) is 0 Å². The molecule has 20 heavy (non-hydrogen) atoms. The Balaban J connectivity index is 1.96. The van der Waals surface area contributed by atoms with Crippen LogP contribution in [0.2, 0.25) is 5.02 Å². The Morgan fingerprint density at radius 1 is 1.10 bits per heavy atom. The Kier molecular flexibility index (Phi) is 4.23. The first-order valence-electron chi connectivity index (χ1n) is 6.50. The van der Waals surface area contributed by atoms with Gasteiger partial charge in [0.1, 0.15) is 0 Å². The predicted molar refractivity (Wildman–Crippen MR) is 91.5 cm³/mol. The molecule has 0 unspecified atom stereocenters. The first kappa shape index (κ1) is 14.6. The number of nitrogens with one attached hydrogen (secondary N) is 1. The summed E-state index contributed by atoms with van der Waals surface area (Å²) in [5, 5.41) is 4.24. The molecular weight excluding hydrogens is 401 g/mol. The van der Waals surface area contributed by atoms with Crippen LogP contribution in [0.3, 0.4) is 0 Å². The maximum absolute atomic E-state index is 6.38. The van der Waals surface area contributed by atoms with Gasteiger partial charge in [0.2, 0.25) is 0 Å². The number of halogens is 3. The molecule has 1 fully saturated rings. The molecule has 0 amide bonds. The van der Waals surface area contributed by atoms with Gasteiger partial charge in [-0.1, -0.05) is 67.7 Å². The molecule has 1 heterocycles. The normalized spacial score (nSPS) is 16.8. The first-order valence-corrected chi connectivity index (χ1v) is 8.47. The number of benzene rings is 2. The van der Waals surface area contributed by atoms with Gasteiger partial charge in [-0.15, -0.1) is 0 Å². The highest BCUT2D eigenvalue weighted by atomic mass is 79.9.